The highest BCUT2D eigenvalue weighted by Crippen LogP contribution is 2.24. The highest BCUT2D eigenvalue weighted by atomic mass is 16.3. The molecule has 1 aliphatic heterocycles. The normalized spacial score (nSPS) is 16.9. The van der Waals surface area contributed by atoms with Crippen LogP contribution in [0.5, 0.6) is 0 Å². The summed E-state index contributed by atoms with van der Waals surface area (Å²) in [6, 6.07) is 10.9. The highest BCUT2D eigenvalue weighted by Gasteiger charge is 2.25. The smallest absolute Gasteiger partial charge is 0.251 e. The first kappa shape index (κ1) is 15.6. The minimum Gasteiger partial charge on any atom is -0.468 e. The molecule has 0 unspecified atom stereocenters. The van der Waals surface area contributed by atoms with Crippen molar-refractivity contribution in [3.05, 3.63) is 54.0 Å². The van der Waals surface area contributed by atoms with Crippen LogP contribution in [-0.4, -0.2) is 30.4 Å². The summed E-state index contributed by atoms with van der Waals surface area (Å²) in [6.07, 6.45) is 5.36. The standard InChI is InChI=1S/C18H23N3O2/c19-15-8-6-14(7-9-15)18(22)20-13-16(17-5-4-12-23-17)21-10-2-1-3-11-21/h4-9,12,16H,1-3,10-11,13,19H2,(H,20,22)/t16-/m0/s1. The van der Waals surface area contributed by atoms with E-state index in [1.54, 1.807) is 30.5 Å². The molecule has 1 aliphatic rings. The molecule has 122 valence electrons. The van der Waals surface area contributed by atoms with Gasteiger partial charge < -0.3 is 15.5 Å². The maximum Gasteiger partial charge on any atom is 0.251 e. The van der Waals surface area contributed by atoms with Crippen molar-refractivity contribution in [3.63, 3.8) is 0 Å². The molecule has 23 heavy (non-hydrogen) atoms. The van der Waals surface area contributed by atoms with Gasteiger partial charge in [-0.05, 0) is 62.3 Å². The maximum atomic E-state index is 12.3. The van der Waals surface area contributed by atoms with Crippen LogP contribution in [0, 0.1) is 0 Å². The number of piperidine rings is 1. The fourth-order valence-electron chi connectivity index (χ4n) is 3.05. The zero-order valence-electron chi connectivity index (χ0n) is 13.2. The fourth-order valence-corrected chi connectivity index (χ4v) is 3.05. The van der Waals surface area contributed by atoms with Gasteiger partial charge in [0.25, 0.3) is 5.91 Å². The van der Waals surface area contributed by atoms with E-state index in [1.807, 2.05) is 12.1 Å². The van der Waals surface area contributed by atoms with Crippen molar-refractivity contribution in [1.29, 1.82) is 0 Å². The Bertz CT molecular complexity index is 616. The van der Waals surface area contributed by atoms with Crippen LogP contribution < -0.4 is 11.1 Å². The molecule has 0 radical (unpaired) electrons. The Morgan fingerprint density at radius 3 is 2.57 bits per heavy atom. The molecule has 5 nitrogen and oxygen atoms in total. The Morgan fingerprint density at radius 2 is 1.91 bits per heavy atom. The van der Waals surface area contributed by atoms with E-state index < -0.39 is 0 Å². The van der Waals surface area contributed by atoms with Crippen molar-refractivity contribution in [1.82, 2.24) is 10.2 Å². The number of nitrogens with zero attached hydrogens (tertiary/aromatic N) is 1. The molecular weight excluding hydrogens is 290 g/mol. The predicted molar refractivity (Wildman–Crippen MR) is 90.1 cm³/mol. The Morgan fingerprint density at radius 1 is 1.17 bits per heavy atom. The van der Waals surface area contributed by atoms with Crippen molar-refractivity contribution in [2.45, 2.75) is 25.3 Å². The number of carbonyl (C=O) groups is 1. The molecule has 2 aromatic rings. The number of rotatable bonds is 5. The summed E-state index contributed by atoms with van der Waals surface area (Å²) in [5.74, 6) is 0.822. The number of likely N-dealkylation sites (tertiary alicyclic amines) is 1. The van der Waals surface area contributed by atoms with Crippen molar-refractivity contribution in [2.24, 2.45) is 0 Å². The van der Waals surface area contributed by atoms with Crippen molar-refractivity contribution < 1.29 is 9.21 Å². The third-order valence-corrected chi connectivity index (χ3v) is 4.33. The lowest BCUT2D eigenvalue weighted by Gasteiger charge is -2.33. The summed E-state index contributed by atoms with van der Waals surface area (Å²) < 4.78 is 5.59. The van der Waals surface area contributed by atoms with Gasteiger partial charge in [0.2, 0.25) is 0 Å². The number of anilines is 1. The minimum absolute atomic E-state index is 0.0847. The Hall–Kier alpha value is -2.27. The van der Waals surface area contributed by atoms with Crippen LogP contribution in [0.1, 0.15) is 41.4 Å². The largest absolute Gasteiger partial charge is 0.468 e. The van der Waals surface area contributed by atoms with Gasteiger partial charge in [-0.1, -0.05) is 6.42 Å². The maximum absolute atomic E-state index is 12.3. The quantitative estimate of drug-likeness (QED) is 0.833. The Kier molecular flexibility index (Phi) is 4.98. The Labute approximate surface area is 136 Å². The van der Waals surface area contributed by atoms with Gasteiger partial charge in [-0.25, -0.2) is 0 Å². The minimum atomic E-state index is -0.0847. The predicted octanol–water partition coefficient (Wildman–Crippen LogP) is 2.82. The zero-order chi connectivity index (χ0) is 16.1. The lowest BCUT2D eigenvalue weighted by molar-refractivity contribution is 0.0914. The fraction of sp³-hybridized carbons (Fsp3) is 0.389. The molecule has 5 heteroatoms. The molecule has 1 aromatic carbocycles. The number of hydrogen-bond donors (Lipinski definition) is 2. The molecule has 1 saturated heterocycles. The second-order valence-electron chi connectivity index (χ2n) is 5.96. The van der Waals surface area contributed by atoms with Gasteiger partial charge in [0.05, 0.1) is 12.3 Å². The number of carbonyl (C=O) groups excluding carboxylic acids is 1. The van der Waals surface area contributed by atoms with Crippen LogP contribution in [0.2, 0.25) is 0 Å². The molecule has 3 N–H and O–H groups in total. The number of furan rings is 1. The van der Waals surface area contributed by atoms with Crippen LogP contribution in [0.25, 0.3) is 0 Å². The highest BCUT2D eigenvalue weighted by molar-refractivity contribution is 5.94. The first-order chi connectivity index (χ1) is 11.2. The summed E-state index contributed by atoms with van der Waals surface area (Å²) >= 11 is 0. The van der Waals surface area contributed by atoms with E-state index in [2.05, 4.69) is 10.2 Å². The van der Waals surface area contributed by atoms with E-state index >= 15 is 0 Å². The topological polar surface area (TPSA) is 71.5 Å². The van der Waals surface area contributed by atoms with Crippen LogP contribution >= 0.6 is 0 Å². The molecule has 2 heterocycles. The molecule has 0 bridgehead atoms. The first-order valence-electron chi connectivity index (χ1n) is 8.15. The lowest BCUT2D eigenvalue weighted by Crippen LogP contribution is -2.40. The zero-order valence-corrected chi connectivity index (χ0v) is 13.2. The lowest BCUT2D eigenvalue weighted by atomic mass is 10.1. The van der Waals surface area contributed by atoms with E-state index in [0.717, 1.165) is 18.8 Å². The van der Waals surface area contributed by atoms with Gasteiger partial charge in [-0.15, -0.1) is 0 Å². The molecule has 1 aromatic heterocycles. The molecule has 1 atom stereocenters. The van der Waals surface area contributed by atoms with Crippen LogP contribution in [0.4, 0.5) is 5.69 Å². The van der Waals surface area contributed by atoms with Crippen LogP contribution in [0.3, 0.4) is 0 Å². The van der Waals surface area contributed by atoms with Crippen molar-refractivity contribution >= 4 is 11.6 Å². The van der Waals surface area contributed by atoms with Gasteiger partial charge >= 0.3 is 0 Å². The number of benzene rings is 1. The van der Waals surface area contributed by atoms with Gasteiger partial charge in [0.15, 0.2) is 0 Å². The van der Waals surface area contributed by atoms with E-state index in [-0.39, 0.29) is 11.9 Å². The molecule has 1 amide bonds. The second-order valence-corrected chi connectivity index (χ2v) is 5.96. The molecule has 1 fully saturated rings. The Balaban J connectivity index is 1.66. The second kappa shape index (κ2) is 7.33. The summed E-state index contributed by atoms with van der Waals surface area (Å²) in [5.41, 5.74) is 6.94. The summed E-state index contributed by atoms with van der Waals surface area (Å²) in [5, 5.41) is 3.02. The summed E-state index contributed by atoms with van der Waals surface area (Å²) in [7, 11) is 0. The van der Waals surface area contributed by atoms with Crippen LogP contribution in [-0.2, 0) is 0 Å². The number of nitrogens with two attached hydrogens (primary N) is 1. The molecule has 3 rings (SSSR count). The summed E-state index contributed by atoms with van der Waals surface area (Å²) in [6.45, 7) is 2.63. The SMILES string of the molecule is Nc1ccc(C(=O)NC[C@@H](c2ccco2)N2CCCCC2)cc1. The van der Waals surface area contributed by atoms with Crippen molar-refractivity contribution in [2.75, 3.05) is 25.4 Å². The number of amides is 1. The third kappa shape index (κ3) is 3.93. The summed E-state index contributed by atoms with van der Waals surface area (Å²) in [4.78, 5) is 14.7. The number of hydrogen-bond acceptors (Lipinski definition) is 4. The van der Waals surface area contributed by atoms with Crippen LogP contribution in [0.15, 0.2) is 47.1 Å². The van der Waals surface area contributed by atoms with Crippen molar-refractivity contribution in [3.8, 4) is 0 Å². The average Bonchev–Trinajstić information content (AvgIpc) is 3.11. The monoisotopic (exact) mass is 313 g/mol. The molecule has 0 saturated carbocycles. The van der Waals surface area contributed by atoms with E-state index in [4.69, 9.17) is 10.2 Å². The van der Waals surface area contributed by atoms with Gasteiger partial charge in [-0.3, -0.25) is 9.69 Å². The molecule has 0 aliphatic carbocycles. The first-order valence-corrected chi connectivity index (χ1v) is 8.15. The average molecular weight is 313 g/mol. The van der Waals surface area contributed by atoms with E-state index in [0.29, 0.717) is 17.8 Å². The molecule has 0 spiro atoms. The number of nitrogens with one attached hydrogen (secondary N) is 1. The molecular formula is C18H23N3O2. The van der Waals surface area contributed by atoms with Gasteiger partial charge in [0.1, 0.15) is 5.76 Å². The van der Waals surface area contributed by atoms with Gasteiger partial charge in [-0.2, -0.15) is 0 Å². The van der Waals surface area contributed by atoms with E-state index in [1.165, 1.54) is 19.3 Å². The third-order valence-electron chi connectivity index (χ3n) is 4.33. The van der Waals surface area contributed by atoms with E-state index in [9.17, 15) is 4.79 Å². The van der Waals surface area contributed by atoms with Gasteiger partial charge in [0, 0.05) is 17.8 Å². The number of nitrogen functional groups attached to an aromatic ring is 1.